The molecule has 0 aliphatic carbocycles. The maximum absolute atomic E-state index is 5.56. The van der Waals surface area contributed by atoms with E-state index in [2.05, 4.69) is 49.7 Å². The number of nitrogens with two attached hydrogens (primary N) is 1. The first kappa shape index (κ1) is 12.2. The van der Waals surface area contributed by atoms with Crippen LogP contribution in [0.2, 0.25) is 0 Å². The van der Waals surface area contributed by atoms with Crippen molar-refractivity contribution < 1.29 is 0 Å². The number of aryl methyl sites for hydroxylation is 2. The first-order valence-electron chi connectivity index (χ1n) is 6.43. The normalized spacial score (nSPS) is 11.6. The number of hydrogen-bond acceptors (Lipinski definition) is 1. The topological polar surface area (TPSA) is 30.9 Å². The zero-order valence-corrected chi connectivity index (χ0v) is 11.0. The van der Waals surface area contributed by atoms with Gasteiger partial charge in [-0.2, -0.15) is 0 Å². The molecule has 0 fully saturated rings. The summed E-state index contributed by atoms with van der Waals surface area (Å²) in [4.78, 5) is 0. The maximum Gasteiger partial charge on any atom is 0.0485 e. The van der Waals surface area contributed by atoms with Crippen molar-refractivity contribution in [3.05, 3.63) is 35.5 Å². The summed E-state index contributed by atoms with van der Waals surface area (Å²) in [5.41, 5.74) is 9.66. The fraction of sp³-hybridized carbons (Fsp3) is 0.467. The molecule has 2 nitrogen and oxygen atoms in total. The van der Waals surface area contributed by atoms with Crippen molar-refractivity contribution in [2.24, 2.45) is 5.73 Å². The van der Waals surface area contributed by atoms with Gasteiger partial charge < -0.3 is 10.3 Å². The van der Waals surface area contributed by atoms with E-state index in [4.69, 9.17) is 5.73 Å². The van der Waals surface area contributed by atoms with E-state index in [0.717, 1.165) is 19.4 Å². The molecule has 2 rings (SSSR count). The summed E-state index contributed by atoms with van der Waals surface area (Å²) in [6.07, 6.45) is 4.40. The molecule has 17 heavy (non-hydrogen) atoms. The van der Waals surface area contributed by atoms with Crippen LogP contribution in [0.3, 0.4) is 0 Å². The van der Waals surface area contributed by atoms with E-state index >= 15 is 0 Å². The van der Waals surface area contributed by atoms with Crippen molar-refractivity contribution >= 4 is 10.9 Å². The third-order valence-corrected chi connectivity index (χ3v) is 3.32. The minimum absolute atomic E-state index is 0.515. The van der Waals surface area contributed by atoms with Gasteiger partial charge in [-0.05, 0) is 63.4 Å². The van der Waals surface area contributed by atoms with Crippen molar-refractivity contribution in [1.82, 2.24) is 4.57 Å². The van der Waals surface area contributed by atoms with Gasteiger partial charge in [0.2, 0.25) is 0 Å². The Morgan fingerprint density at radius 2 is 2.06 bits per heavy atom. The quantitative estimate of drug-likeness (QED) is 0.857. The molecule has 0 amide bonds. The Balaban J connectivity index is 2.44. The molecule has 0 atom stereocenters. The summed E-state index contributed by atoms with van der Waals surface area (Å²) < 4.78 is 2.34. The van der Waals surface area contributed by atoms with Crippen LogP contribution in [0.15, 0.2) is 24.4 Å². The van der Waals surface area contributed by atoms with Crippen LogP contribution < -0.4 is 5.73 Å². The molecule has 0 bridgehead atoms. The summed E-state index contributed by atoms with van der Waals surface area (Å²) in [6, 6.07) is 7.31. The summed E-state index contributed by atoms with van der Waals surface area (Å²) >= 11 is 0. The van der Waals surface area contributed by atoms with Crippen molar-refractivity contribution in [3.8, 4) is 0 Å². The standard InChI is InChI=1S/C15H22N2/c1-11(2)17-10-12(3)14-9-13(5-4-8-16)6-7-15(14)17/h6-7,9-11H,4-5,8,16H2,1-3H3. The lowest BCUT2D eigenvalue weighted by Gasteiger charge is -2.09. The number of aromatic nitrogens is 1. The van der Waals surface area contributed by atoms with Gasteiger partial charge in [0.15, 0.2) is 0 Å². The second-order valence-electron chi connectivity index (χ2n) is 5.06. The summed E-state index contributed by atoms with van der Waals surface area (Å²) in [7, 11) is 0. The van der Waals surface area contributed by atoms with Gasteiger partial charge in [0.1, 0.15) is 0 Å². The highest BCUT2D eigenvalue weighted by Crippen LogP contribution is 2.25. The number of benzene rings is 1. The van der Waals surface area contributed by atoms with E-state index in [-0.39, 0.29) is 0 Å². The van der Waals surface area contributed by atoms with Gasteiger partial charge in [0.05, 0.1) is 0 Å². The minimum atomic E-state index is 0.515. The van der Waals surface area contributed by atoms with Gasteiger partial charge in [-0.3, -0.25) is 0 Å². The molecule has 1 aromatic carbocycles. The molecule has 2 N–H and O–H groups in total. The third-order valence-electron chi connectivity index (χ3n) is 3.32. The molecule has 1 heterocycles. The molecular weight excluding hydrogens is 208 g/mol. The summed E-state index contributed by atoms with van der Waals surface area (Å²) in [5.74, 6) is 0. The molecule has 2 aromatic rings. The molecule has 0 saturated carbocycles. The average Bonchev–Trinajstić information content (AvgIpc) is 2.64. The van der Waals surface area contributed by atoms with Crippen LogP contribution in [0.4, 0.5) is 0 Å². The lowest BCUT2D eigenvalue weighted by Crippen LogP contribution is -2.00. The van der Waals surface area contributed by atoms with E-state index in [1.54, 1.807) is 0 Å². The second kappa shape index (κ2) is 4.92. The smallest absolute Gasteiger partial charge is 0.0485 e. The lowest BCUT2D eigenvalue weighted by molar-refractivity contribution is 0.622. The predicted octanol–water partition coefficient (Wildman–Crippen LogP) is 3.42. The van der Waals surface area contributed by atoms with Crippen LogP contribution >= 0.6 is 0 Å². The Labute approximate surface area is 103 Å². The van der Waals surface area contributed by atoms with E-state index in [9.17, 15) is 0 Å². The van der Waals surface area contributed by atoms with Crippen molar-refractivity contribution in [2.75, 3.05) is 6.54 Å². The van der Waals surface area contributed by atoms with E-state index < -0.39 is 0 Å². The van der Waals surface area contributed by atoms with Gasteiger partial charge >= 0.3 is 0 Å². The fourth-order valence-corrected chi connectivity index (χ4v) is 2.36. The van der Waals surface area contributed by atoms with Crippen molar-refractivity contribution in [1.29, 1.82) is 0 Å². The predicted molar refractivity (Wildman–Crippen MR) is 74.4 cm³/mol. The number of fused-ring (bicyclic) bond motifs is 1. The minimum Gasteiger partial charge on any atom is -0.345 e. The van der Waals surface area contributed by atoms with Crippen LogP contribution in [0.5, 0.6) is 0 Å². The first-order chi connectivity index (χ1) is 8.13. The Hall–Kier alpha value is -1.28. The van der Waals surface area contributed by atoms with Crippen LogP contribution in [-0.2, 0) is 6.42 Å². The molecule has 0 aliphatic rings. The maximum atomic E-state index is 5.56. The lowest BCUT2D eigenvalue weighted by atomic mass is 10.1. The van der Waals surface area contributed by atoms with Gasteiger partial charge in [0, 0.05) is 23.1 Å². The second-order valence-corrected chi connectivity index (χ2v) is 5.06. The molecule has 0 saturated heterocycles. The SMILES string of the molecule is Cc1cn(C(C)C)c2ccc(CCCN)cc12. The van der Waals surface area contributed by atoms with E-state index in [1.807, 2.05) is 0 Å². The molecule has 0 radical (unpaired) electrons. The van der Waals surface area contributed by atoms with E-state index in [0.29, 0.717) is 6.04 Å². The Morgan fingerprint density at radius 3 is 2.71 bits per heavy atom. The molecule has 0 spiro atoms. The highest BCUT2D eigenvalue weighted by molar-refractivity contribution is 5.84. The highest BCUT2D eigenvalue weighted by Gasteiger charge is 2.08. The van der Waals surface area contributed by atoms with Gasteiger partial charge in [0.25, 0.3) is 0 Å². The Bertz CT molecular complexity index is 509. The largest absolute Gasteiger partial charge is 0.345 e. The van der Waals surface area contributed by atoms with Gasteiger partial charge in [-0.25, -0.2) is 0 Å². The van der Waals surface area contributed by atoms with E-state index in [1.165, 1.54) is 22.0 Å². The zero-order chi connectivity index (χ0) is 12.4. The fourth-order valence-electron chi connectivity index (χ4n) is 2.36. The molecule has 1 aromatic heterocycles. The highest BCUT2D eigenvalue weighted by atomic mass is 15.0. The monoisotopic (exact) mass is 230 g/mol. The Kier molecular flexibility index (Phi) is 3.53. The van der Waals surface area contributed by atoms with Gasteiger partial charge in [-0.1, -0.05) is 6.07 Å². The first-order valence-corrected chi connectivity index (χ1v) is 6.43. The van der Waals surface area contributed by atoms with Gasteiger partial charge in [-0.15, -0.1) is 0 Å². The molecule has 0 aliphatic heterocycles. The average molecular weight is 230 g/mol. The molecule has 92 valence electrons. The van der Waals surface area contributed by atoms with Crippen LogP contribution in [-0.4, -0.2) is 11.1 Å². The van der Waals surface area contributed by atoms with Crippen LogP contribution in [0.1, 0.15) is 37.4 Å². The van der Waals surface area contributed by atoms with Crippen molar-refractivity contribution in [3.63, 3.8) is 0 Å². The van der Waals surface area contributed by atoms with Crippen LogP contribution in [0, 0.1) is 6.92 Å². The Morgan fingerprint density at radius 1 is 1.29 bits per heavy atom. The molecule has 2 heteroatoms. The number of nitrogens with zero attached hydrogens (tertiary/aromatic N) is 1. The summed E-state index contributed by atoms with van der Waals surface area (Å²) in [5, 5.41) is 1.38. The number of rotatable bonds is 4. The zero-order valence-electron chi connectivity index (χ0n) is 11.0. The molecule has 0 unspecified atom stereocenters. The third kappa shape index (κ3) is 2.37. The molecular formula is C15H22N2. The number of hydrogen-bond donors (Lipinski definition) is 1. The van der Waals surface area contributed by atoms with Crippen LogP contribution in [0.25, 0.3) is 10.9 Å². The summed E-state index contributed by atoms with van der Waals surface area (Å²) in [6.45, 7) is 7.40. The van der Waals surface area contributed by atoms with Crippen molar-refractivity contribution in [2.45, 2.75) is 39.7 Å².